The normalized spacial score (nSPS) is 9.95. The van der Waals surface area contributed by atoms with Crippen LogP contribution in [0.4, 0.5) is 17.1 Å². The number of ether oxygens (including phenoxy) is 1. The predicted octanol–water partition coefficient (Wildman–Crippen LogP) is 2.12. The number of hydrogen-bond donors (Lipinski definition) is 3. The molecule has 0 saturated carbocycles. The first kappa shape index (κ1) is 12.8. The first-order chi connectivity index (χ1) is 9.11. The molecule has 5 N–H and O–H groups in total. The molecule has 0 fully saturated rings. The van der Waals surface area contributed by atoms with Crippen LogP contribution in [0.3, 0.4) is 0 Å². The van der Waals surface area contributed by atoms with Crippen molar-refractivity contribution in [1.82, 2.24) is 0 Å². The molecule has 5 nitrogen and oxygen atoms in total. The molecule has 2 rings (SSSR count). The number of carbonyl (C=O) groups excluding carboxylic acids is 1. The Labute approximate surface area is 111 Å². The van der Waals surface area contributed by atoms with Gasteiger partial charge in [-0.3, -0.25) is 4.79 Å². The average Bonchev–Trinajstić information content (AvgIpc) is 2.41. The summed E-state index contributed by atoms with van der Waals surface area (Å²) in [5.74, 6) is 0.182. The van der Waals surface area contributed by atoms with Gasteiger partial charge in [-0.05, 0) is 24.3 Å². The zero-order chi connectivity index (χ0) is 13.8. The molecule has 0 saturated heterocycles. The van der Waals surface area contributed by atoms with Gasteiger partial charge in [-0.15, -0.1) is 0 Å². The van der Waals surface area contributed by atoms with Crippen LogP contribution in [0.5, 0.6) is 5.75 Å². The quantitative estimate of drug-likeness (QED) is 0.732. The summed E-state index contributed by atoms with van der Waals surface area (Å²) in [6.07, 6.45) is 0. The number of rotatable bonds is 4. The number of amides is 1. The van der Waals surface area contributed by atoms with Gasteiger partial charge >= 0.3 is 0 Å². The van der Waals surface area contributed by atoms with E-state index in [1.807, 2.05) is 24.3 Å². The van der Waals surface area contributed by atoms with E-state index in [0.717, 1.165) is 11.4 Å². The molecule has 0 heterocycles. The van der Waals surface area contributed by atoms with Crippen molar-refractivity contribution in [1.29, 1.82) is 0 Å². The first-order valence-electron chi connectivity index (χ1n) is 5.71. The van der Waals surface area contributed by atoms with Crippen LogP contribution in [0.1, 0.15) is 10.4 Å². The third kappa shape index (κ3) is 2.77. The predicted molar refractivity (Wildman–Crippen MR) is 75.6 cm³/mol. The Morgan fingerprint density at radius 3 is 2.63 bits per heavy atom. The molecule has 1 amide bonds. The molecule has 5 heteroatoms. The van der Waals surface area contributed by atoms with Gasteiger partial charge in [-0.2, -0.15) is 0 Å². The van der Waals surface area contributed by atoms with E-state index in [-0.39, 0.29) is 0 Å². The summed E-state index contributed by atoms with van der Waals surface area (Å²) < 4.78 is 5.14. The topological polar surface area (TPSA) is 90.4 Å². The van der Waals surface area contributed by atoms with E-state index in [1.54, 1.807) is 25.3 Å². The van der Waals surface area contributed by atoms with E-state index in [4.69, 9.17) is 16.2 Å². The van der Waals surface area contributed by atoms with E-state index in [2.05, 4.69) is 5.32 Å². The maximum atomic E-state index is 11.2. The molecule has 0 aliphatic rings. The van der Waals surface area contributed by atoms with Crippen molar-refractivity contribution >= 4 is 23.0 Å². The van der Waals surface area contributed by atoms with Crippen molar-refractivity contribution in [3.8, 4) is 5.75 Å². The minimum Gasteiger partial charge on any atom is -0.497 e. The van der Waals surface area contributed by atoms with Crippen molar-refractivity contribution < 1.29 is 9.53 Å². The average molecular weight is 257 g/mol. The van der Waals surface area contributed by atoms with Crippen LogP contribution in [0.25, 0.3) is 0 Å². The molecular formula is C14H15N3O2. The molecule has 2 aromatic rings. The summed E-state index contributed by atoms with van der Waals surface area (Å²) in [5, 5.41) is 3.13. The minimum atomic E-state index is -0.549. The molecule has 0 radical (unpaired) electrons. The fourth-order valence-corrected chi connectivity index (χ4v) is 1.75. The molecule has 0 spiro atoms. The molecule has 0 unspecified atom stereocenters. The van der Waals surface area contributed by atoms with E-state index < -0.39 is 5.91 Å². The van der Waals surface area contributed by atoms with Gasteiger partial charge in [0.2, 0.25) is 0 Å². The molecule has 0 bridgehead atoms. The van der Waals surface area contributed by atoms with Gasteiger partial charge in [0.1, 0.15) is 5.75 Å². The SMILES string of the molecule is COc1cccc(Nc2cccc(C(N)=O)c2N)c1. The summed E-state index contributed by atoms with van der Waals surface area (Å²) in [5.41, 5.74) is 13.2. The Bertz CT molecular complexity index is 611. The van der Waals surface area contributed by atoms with Gasteiger partial charge in [-0.1, -0.05) is 12.1 Å². The van der Waals surface area contributed by atoms with Crippen molar-refractivity contribution in [3.05, 3.63) is 48.0 Å². The fourth-order valence-electron chi connectivity index (χ4n) is 1.75. The lowest BCUT2D eigenvalue weighted by molar-refractivity contribution is 0.100. The summed E-state index contributed by atoms with van der Waals surface area (Å²) in [6, 6.07) is 12.5. The highest BCUT2D eigenvalue weighted by Gasteiger charge is 2.09. The van der Waals surface area contributed by atoms with Crippen LogP contribution in [0, 0.1) is 0 Å². The monoisotopic (exact) mass is 257 g/mol. The Kier molecular flexibility index (Phi) is 3.56. The second-order valence-electron chi connectivity index (χ2n) is 3.99. The second-order valence-corrected chi connectivity index (χ2v) is 3.99. The second kappa shape index (κ2) is 5.30. The number of primary amides is 1. The third-order valence-electron chi connectivity index (χ3n) is 2.72. The summed E-state index contributed by atoms with van der Waals surface area (Å²) in [6.45, 7) is 0. The number of carbonyl (C=O) groups is 1. The van der Waals surface area contributed by atoms with E-state index >= 15 is 0 Å². The summed E-state index contributed by atoms with van der Waals surface area (Å²) in [7, 11) is 1.60. The van der Waals surface area contributed by atoms with Gasteiger partial charge in [0.15, 0.2) is 0 Å². The van der Waals surface area contributed by atoms with Crippen molar-refractivity contribution in [2.24, 2.45) is 5.73 Å². The third-order valence-corrected chi connectivity index (χ3v) is 2.72. The molecule has 2 aromatic carbocycles. The highest BCUT2D eigenvalue weighted by molar-refractivity contribution is 6.01. The van der Waals surface area contributed by atoms with Gasteiger partial charge in [-0.25, -0.2) is 0 Å². The number of methoxy groups -OCH3 is 1. The Morgan fingerprint density at radius 2 is 1.95 bits per heavy atom. The molecule has 0 aliphatic heterocycles. The number of anilines is 3. The van der Waals surface area contributed by atoms with Crippen LogP contribution in [0.15, 0.2) is 42.5 Å². The number of nitrogens with two attached hydrogens (primary N) is 2. The van der Waals surface area contributed by atoms with Gasteiger partial charge < -0.3 is 21.5 Å². The van der Waals surface area contributed by atoms with E-state index in [1.165, 1.54) is 0 Å². The van der Waals surface area contributed by atoms with Crippen LogP contribution < -0.4 is 21.5 Å². The lowest BCUT2D eigenvalue weighted by Gasteiger charge is -2.12. The molecule has 0 aliphatic carbocycles. The molecule has 0 aromatic heterocycles. The van der Waals surface area contributed by atoms with Crippen molar-refractivity contribution in [2.75, 3.05) is 18.2 Å². The maximum Gasteiger partial charge on any atom is 0.250 e. The van der Waals surface area contributed by atoms with Crippen LogP contribution in [0.2, 0.25) is 0 Å². The molecular weight excluding hydrogens is 242 g/mol. The highest BCUT2D eigenvalue weighted by atomic mass is 16.5. The van der Waals surface area contributed by atoms with Crippen molar-refractivity contribution in [2.45, 2.75) is 0 Å². The molecule has 0 atom stereocenters. The number of nitrogen functional groups attached to an aromatic ring is 1. The molecule has 19 heavy (non-hydrogen) atoms. The Balaban J connectivity index is 2.33. The number of para-hydroxylation sites is 1. The van der Waals surface area contributed by atoms with Crippen molar-refractivity contribution in [3.63, 3.8) is 0 Å². The Morgan fingerprint density at radius 1 is 1.21 bits per heavy atom. The largest absolute Gasteiger partial charge is 0.497 e. The van der Waals surface area contributed by atoms with Gasteiger partial charge in [0, 0.05) is 11.8 Å². The Hall–Kier alpha value is -2.69. The smallest absolute Gasteiger partial charge is 0.250 e. The van der Waals surface area contributed by atoms with E-state index in [0.29, 0.717) is 16.9 Å². The van der Waals surface area contributed by atoms with Crippen LogP contribution >= 0.6 is 0 Å². The number of benzene rings is 2. The standard InChI is InChI=1S/C14H15N3O2/c1-19-10-5-2-4-9(8-10)17-12-7-3-6-11(13(12)15)14(16)18/h2-8,17H,15H2,1H3,(H2,16,18). The highest BCUT2D eigenvalue weighted by Crippen LogP contribution is 2.27. The first-order valence-corrected chi connectivity index (χ1v) is 5.71. The lowest BCUT2D eigenvalue weighted by atomic mass is 10.1. The summed E-state index contributed by atoms with van der Waals surface area (Å²) >= 11 is 0. The molecule has 98 valence electrons. The van der Waals surface area contributed by atoms with Gasteiger partial charge in [0.25, 0.3) is 5.91 Å². The lowest BCUT2D eigenvalue weighted by Crippen LogP contribution is -2.14. The zero-order valence-corrected chi connectivity index (χ0v) is 10.5. The minimum absolute atomic E-state index is 0.299. The van der Waals surface area contributed by atoms with E-state index in [9.17, 15) is 4.79 Å². The van der Waals surface area contributed by atoms with Crippen LogP contribution in [-0.4, -0.2) is 13.0 Å². The summed E-state index contributed by atoms with van der Waals surface area (Å²) in [4.78, 5) is 11.2. The maximum absolute atomic E-state index is 11.2. The number of hydrogen-bond acceptors (Lipinski definition) is 4. The number of nitrogens with one attached hydrogen (secondary N) is 1. The van der Waals surface area contributed by atoms with Gasteiger partial charge in [0.05, 0.1) is 24.0 Å². The zero-order valence-electron chi connectivity index (χ0n) is 10.5. The fraction of sp³-hybridized carbons (Fsp3) is 0.0714. The van der Waals surface area contributed by atoms with Crippen LogP contribution in [-0.2, 0) is 0 Å².